The number of carbonyl (C=O) groups is 1. The second-order valence-electron chi connectivity index (χ2n) is 2.66. The molecular formula is C10H10BrFO3. The summed E-state index contributed by atoms with van der Waals surface area (Å²) in [7, 11) is 1.20. The van der Waals surface area contributed by atoms with Crippen LogP contribution in [0.5, 0.6) is 5.75 Å². The van der Waals surface area contributed by atoms with E-state index in [4.69, 9.17) is 4.74 Å². The maximum atomic E-state index is 13.3. The Morgan fingerprint density at radius 3 is 2.73 bits per heavy atom. The van der Waals surface area contributed by atoms with Crippen molar-refractivity contribution in [3.8, 4) is 5.75 Å². The Morgan fingerprint density at radius 2 is 2.20 bits per heavy atom. The fourth-order valence-electron chi connectivity index (χ4n) is 1.09. The first-order chi connectivity index (χ1) is 7.11. The first kappa shape index (κ1) is 12.0. The minimum absolute atomic E-state index is 0.150. The Kier molecular flexibility index (Phi) is 4.08. The molecular weight excluding hydrogens is 267 g/mol. The summed E-state index contributed by atoms with van der Waals surface area (Å²) >= 11 is 3.11. The fourth-order valence-corrected chi connectivity index (χ4v) is 1.69. The molecule has 0 saturated carbocycles. The Bertz CT molecular complexity index is 379. The molecule has 1 aromatic carbocycles. The standard InChI is InChI=1S/C10H10BrFO3/c1-3-15-7-5-4-6(12)8(9(7)11)10(13)14-2/h4-5H,3H2,1-2H3. The van der Waals surface area contributed by atoms with E-state index in [2.05, 4.69) is 20.7 Å². The third kappa shape index (κ3) is 2.47. The van der Waals surface area contributed by atoms with Crippen LogP contribution in [0, 0.1) is 5.82 Å². The summed E-state index contributed by atoms with van der Waals surface area (Å²) in [6, 6.07) is 2.62. The highest BCUT2D eigenvalue weighted by molar-refractivity contribution is 9.10. The van der Waals surface area contributed by atoms with Crippen LogP contribution in [0.25, 0.3) is 0 Å². The van der Waals surface area contributed by atoms with E-state index >= 15 is 0 Å². The van der Waals surface area contributed by atoms with Crippen LogP contribution < -0.4 is 4.74 Å². The molecule has 1 aromatic rings. The van der Waals surface area contributed by atoms with Crippen LogP contribution in [-0.4, -0.2) is 19.7 Å². The van der Waals surface area contributed by atoms with E-state index in [0.717, 1.165) is 0 Å². The maximum Gasteiger partial charge on any atom is 0.342 e. The van der Waals surface area contributed by atoms with Crippen molar-refractivity contribution in [2.45, 2.75) is 6.92 Å². The molecule has 0 amide bonds. The Labute approximate surface area is 95.3 Å². The van der Waals surface area contributed by atoms with Gasteiger partial charge in [0.1, 0.15) is 17.1 Å². The van der Waals surface area contributed by atoms with Gasteiger partial charge in [-0.2, -0.15) is 0 Å². The maximum absolute atomic E-state index is 13.3. The van der Waals surface area contributed by atoms with E-state index in [1.54, 1.807) is 6.92 Å². The van der Waals surface area contributed by atoms with Gasteiger partial charge in [-0.3, -0.25) is 0 Å². The highest BCUT2D eigenvalue weighted by atomic mass is 79.9. The summed E-state index contributed by atoms with van der Waals surface area (Å²) in [6.07, 6.45) is 0. The number of ether oxygens (including phenoxy) is 2. The largest absolute Gasteiger partial charge is 0.493 e. The molecule has 0 atom stereocenters. The van der Waals surface area contributed by atoms with Gasteiger partial charge in [0.15, 0.2) is 0 Å². The second kappa shape index (κ2) is 5.11. The van der Waals surface area contributed by atoms with Crippen molar-refractivity contribution in [3.63, 3.8) is 0 Å². The molecule has 0 aliphatic rings. The number of methoxy groups -OCH3 is 1. The zero-order chi connectivity index (χ0) is 11.4. The molecule has 0 heterocycles. The summed E-state index contributed by atoms with van der Waals surface area (Å²) < 4.78 is 23.3. The minimum atomic E-state index is -0.735. The minimum Gasteiger partial charge on any atom is -0.493 e. The number of rotatable bonds is 3. The Hall–Kier alpha value is -1.10. The highest BCUT2D eigenvalue weighted by Crippen LogP contribution is 2.31. The van der Waals surface area contributed by atoms with Crippen LogP contribution in [0.2, 0.25) is 0 Å². The van der Waals surface area contributed by atoms with Crippen LogP contribution in [0.4, 0.5) is 4.39 Å². The zero-order valence-electron chi connectivity index (χ0n) is 8.34. The molecule has 0 aromatic heterocycles. The van der Waals surface area contributed by atoms with Gasteiger partial charge in [0, 0.05) is 0 Å². The van der Waals surface area contributed by atoms with Crippen LogP contribution in [0.1, 0.15) is 17.3 Å². The van der Waals surface area contributed by atoms with Gasteiger partial charge in [0.2, 0.25) is 0 Å². The zero-order valence-corrected chi connectivity index (χ0v) is 9.93. The first-order valence-corrected chi connectivity index (χ1v) is 5.10. The van der Waals surface area contributed by atoms with Crippen LogP contribution in [-0.2, 0) is 4.74 Å². The van der Waals surface area contributed by atoms with Gasteiger partial charge in [0.25, 0.3) is 0 Å². The van der Waals surface area contributed by atoms with E-state index in [1.807, 2.05) is 0 Å². The Balaban J connectivity index is 3.23. The molecule has 5 heteroatoms. The van der Waals surface area contributed by atoms with Crippen LogP contribution in [0.3, 0.4) is 0 Å². The number of hydrogen-bond acceptors (Lipinski definition) is 3. The quantitative estimate of drug-likeness (QED) is 0.797. The van der Waals surface area contributed by atoms with Gasteiger partial charge in [-0.15, -0.1) is 0 Å². The van der Waals surface area contributed by atoms with Crippen molar-refractivity contribution in [1.82, 2.24) is 0 Å². The van der Waals surface area contributed by atoms with E-state index in [0.29, 0.717) is 12.4 Å². The molecule has 0 unspecified atom stereocenters. The van der Waals surface area contributed by atoms with Crippen LogP contribution in [0.15, 0.2) is 16.6 Å². The lowest BCUT2D eigenvalue weighted by atomic mass is 10.2. The van der Waals surface area contributed by atoms with Gasteiger partial charge in [-0.1, -0.05) is 0 Å². The third-order valence-electron chi connectivity index (χ3n) is 1.75. The molecule has 0 radical (unpaired) electrons. The molecule has 0 bridgehead atoms. The smallest absolute Gasteiger partial charge is 0.342 e. The molecule has 15 heavy (non-hydrogen) atoms. The predicted molar refractivity (Wildman–Crippen MR) is 56.6 cm³/mol. The molecule has 0 fully saturated rings. The summed E-state index contributed by atoms with van der Waals surface area (Å²) in [5.41, 5.74) is -0.150. The molecule has 0 spiro atoms. The van der Waals surface area contributed by atoms with Crippen molar-refractivity contribution in [2.24, 2.45) is 0 Å². The lowest BCUT2D eigenvalue weighted by Crippen LogP contribution is -2.07. The molecule has 0 saturated heterocycles. The lowest BCUT2D eigenvalue weighted by molar-refractivity contribution is 0.0593. The number of halogens is 2. The molecule has 0 N–H and O–H groups in total. The molecule has 0 aliphatic carbocycles. The number of benzene rings is 1. The second-order valence-corrected chi connectivity index (χ2v) is 3.45. The van der Waals surface area contributed by atoms with Gasteiger partial charge in [0.05, 0.1) is 18.2 Å². The van der Waals surface area contributed by atoms with Crippen molar-refractivity contribution in [2.75, 3.05) is 13.7 Å². The van der Waals surface area contributed by atoms with Crippen molar-refractivity contribution >= 4 is 21.9 Å². The van der Waals surface area contributed by atoms with Gasteiger partial charge < -0.3 is 9.47 Å². The van der Waals surface area contributed by atoms with Crippen molar-refractivity contribution < 1.29 is 18.7 Å². The van der Waals surface area contributed by atoms with Crippen molar-refractivity contribution in [3.05, 3.63) is 28.0 Å². The topological polar surface area (TPSA) is 35.5 Å². The van der Waals surface area contributed by atoms with Gasteiger partial charge in [-0.05, 0) is 35.0 Å². The fraction of sp³-hybridized carbons (Fsp3) is 0.300. The average molecular weight is 277 g/mol. The highest BCUT2D eigenvalue weighted by Gasteiger charge is 2.19. The SMILES string of the molecule is CCOc1ccc(F)c(C(=O)OC)c1Br. The van der Waals surface area contributed by atoms with E-state index in [1.165, 1.54) is 19.2 Å². The summed E-state index contributed by atoms with van der Waals surface area (Å²) in [5, 5.41) is 0. The van der Waals surface area contributed by atoms with Crippen molar-refractivity contribution in [1.29, 1.82) is 0 Å². The van der Waals surface area contributed by atoms with E-state index in [9.17, 15) is 9.18 Å². The summed E-state index contributed by atoms with van der Waals surface area (Å²) in [5.74, 6) is -0.961. The third-order valence-corrected chi connectivity index (χ3v) is 2.53. The monoisotopic (exact) mass is 276 g/mol. The average Bonchev–Trinajstić information content (AvgIpc) is 2.22. The predicted octanol–water partition coefficient (Wildman–Crippen LogP) is 2.77. The lowest BCUT2D eigenvalue weighted by Gasteiger charge is -2.09. The molecule has 0 aliphatic heterocycles. The molecule has 3 nitrogen and oxygen atoms in total. The van der Waals surface area contributed by atoms with Gasteiger partial charge >= 0.3 is 5.97 Å². The number of hydrogen-bond donors (Lipinski definition) is 0. The molecule has 82 valence electrons. The summed E-state index contributed by atoms with van der Waals surface area (Å²) in [4.78, 5) is 11.3. The summed E-state index contributed by atoms with van der Waals surface area (Å²) in [6.45, 7) is 2.23. The first-order valence-electron chi connectivity index (χ1n) is 4.31. The number of carbonyl (C=O) groups excluding carboxylic acids is 1. The normalized spacial score (nSPS) is 9.87. The van der Waals surface area contributed by atoms with Crippen LogP contribution >= 0.6 is 15.9 Å². The molecule has 1 rings (SSSR count). The Morgan fingerprint density at radius 1 is 1.53 bits per heavy atom. The van der Waals surface area contributed by atoms with Gasteiger partial charge in [-0.25, -0.2) is 9.18 Å². The number of esters is 1. The van der Waals surface area contributed by atoms with E-state index in [-0.39, 0.29) is 10.0 Å². The van der Waals surface area contributed by atoms with E-state index < -0.39 is 11.8 Å².